The molecular weight excluding hydrogens is 790 g/mol. The molecule has 2 unspecified atom stereocenters. The predicted molar refractivity (Wildman–Crippen MR) is 222 cm³/mol. The fourth-order valence-corrected chi connectivity index (χ4v) is 11.7. The fraction of sp³-hybridized carbons (Fsp3) is 0.500. The standard InChI is InChI=1S/C44H52FN6O8P/c1-27(2)39(52)48-42-47-38-36(40(53)49-42)46-26-50(38)41-35(45)37(58-60-51-24-10-13-34(51)43(59-60)22-8-9-23-43)33(57-41)25-56-44(28-11-6-5-7-12-28,29-14-18-31(54-3)19-15-29)30-16-20-32(55-4)21-17-30/h5-7,11-12,14-21,26-27,33-38,41H,8-10,13,22-25H2,1-4H3,(H2,47,48,49,52,53)/t33-,34-,35-,36?,37-,38?,41-,60+/m1/s1. The number of nitrogens with zero attached hydrogens (tertiary/aromatic N) is 4. The number of amides is 2. The maximum Gasteiger partial charge on any atom is 0.260 e. The number of alkyl halides is 1. The highest BCUT2D eigenvalue weighted by molar-refractivity contribution is 7.45. The van der Waals surface area contributed by atoms with E-state index in [9.17, 15) is 9.59 Å². The lowest BCUT2D eigenvalue weighted by molar-refractivity contribution is -0.125. The molecule has 0 radical (unpaired) electrons. The summed E-state index contributed by atoms with van der Waals surface area (Å²) in [6.45, 7) is 4.18. The van der Waals surface area contributed by atoms with Crippen LogP contribution in [0.3, 0.4) is 0 Å². The molecule has 5 heterocycles. The van der Waals surface area contributed by atoms with Crippen molar-refractivity contribution in [2.45, 2.75) is 106 Å². The number of rotatable bonds is 12. The lowest BCUT2D eigenvalue weighted by atomic mass is 9.80. The molecule has 0 bridgehead atoms. The first kappa shape index (κ1) is 40.9. The van der Waals surface area contributed by atoms with Crippen LogP contribution in [0, 0.1) is 5.92 Å². The number of methoxy groups -OCH3 is 2. The minimum Gasteiger partial charge on any atom is -0.497 e. The van der Waals surface area contributed by atoms with Crippen molar-refractivity contribution in [1.82, 2.24) is 20.2 Å². The van der Waals surface area contributed by atoms with Gasteiger partial charge in [-0.1, -0.05) is 81.3 Å². The highest BCUT2D eigenvalue weighted by atomic mass is 31.2. The molecule has 1 saturated carbocycles. The van der Waals surface area contributed by atoms with Crippen molar-refractivity contribution in [2.24, 2.45) is 15.9 Å². The van der Waals surface area contributed by atoms with Crippen molar-refractivity contribution in [3.63, 3.8) is 0 Å². The molecule has 318 valence electrons. The summed E-state index contributed by atoms with van der Waals surface area (Å²) in [6.07, 6.45) is 1.50. The van der Waals surface area contributed by atoms with Gasteiger partial charge in [-0.25, -0.2) is 14.1 Å². The van der Waals surface area contributed by atoms with Gasteiger partial charge in [-0.2, -0.15) is 0 Å². The third kappa shape index (κ3) is 7.26. The van der Waals surface area contributed by atoms with Crippen LogP contribution in [0.2, 0.25) is 0 Å². The number of guanidine groups is 1. The van der Waals surface area contributed by atoms with Crippen LogP contribution in [-0.2, 0) is 33.7 Å². The Kier molecular flexibility index (Phi) is 11.4. The van der Waals surface area contributed by atoms with E-state index in [1.165, 1.54) is 11.2 Å². The van der Waals surface area contributed by atoms with E-state index >= 15 is 4.39 Å². The summed E-state index contributed by atoms with van der Waals surface area (Å²) in [4.78, 5) is 36.5. The van der Waals surface area contributed by atoms with Crippen molar-refractivity contribution in [3.8, 4) is 11.5 Å². The van der Waals surface area contributed by atoms with Crippen LogP contribution < -0.4 is 20.1 Å². The highest BCUT2D eigenvalue weighted by Gasteiger charge is 2.61. The van der Waals surface area contributed by atoms with E-state index in [1.54, 1.807) is 28.1 Å². The van der Waals surface area contributed by atoms with Gasteiger partial charge in [0, 0.05) is 18.5 Å². The second-order valence-electron chi connectivity index (χ2n) is 16.5. The van der Waals surface area contributed by atoms with Gasteiger partial charge in [-0.05, 0) is 66.6 Å². The molecule has 60 heavy (non-hydrogen) atoms. The van der Waals surface area contributed by atoms with Crippen molar-refractivity contribution in [3.05, 3.63) is 95.6 Å². The number of aliphatic imine (C=N–C) groups is 2. The van der Waals surface area contributed by atoms with Crippen LogP contribution in [0.4, 0.5) is 4.39 Å². The molecule has 1 spiro atoms. The van der Waals surface area contributed by atoms with Gasteiger partial charge in [0.2, 0.25) is 11.9 Å². The van der Waals surface area contributed by atoms with Crippen LogP contribution in [0.1, 0.15) is 69.1 Å². The minimum atomic E-state index is -1.74. The van der Waals surface area contributed by atoms with Crippen LogP contribution in [0.15, 0.2) is 88.8 Å². The van der Waals surface area contributed by atoms with Crippen LogP contribution >= 0.6 is 8.53 Å². The number of fused-ring (bicyclic) bond motifs is 3. The molecule has 2 N–H and O–H groups in total. The molecule has 4 fully saturated rings. The lowest BCUT2D eigenvalue weighted by Gasteiger charge is -2.37. The molecule has 16 heteroatoms. The monoisotopic (exact) mass is 842 g/mol. The van der Waals surface area contributed by atoms with Gasteiger partial charge < -0.3 is 32.9 Å². The Morgan fingerprint density at radius 3 is 2.27 bits per heavy atom. The number of hydrogen-bond acceptors (Lipinski definition) is 12. The molecule has 14 nitrogen and oxygen atoms in total. The largest absolute Gasteiger partial charge is 0.497 e. The fourth-order valence-electron chi connectivity index (χ4n) is 9.50. The lowest BCUT2D eigenvalue weighted by Crippen LogP contribution is -2.58. The first-order chi connectivity index (χ1) is 29.1. The molecule has 1 aliphatic carbocycles. The average molecular weight is 843 g/mol. The zero-order chi connectivity index (χ0) is 41.6. The van der Waals surface area contributed by atoms with Crippen LogP contribution in [0.25, 0.3) is 0 Å². The third-order valence-corrected chi connectivity index (χ3v) is 14.5. The van der Waals surface area contributed by atoms with Gasteiger partial charge in [0.25, 0.3) is 14.4 Å². The van der Waals surface area contributed by atoms with E-state index in [2.05, 4.69) is 25.3 Å². The van der Waals surface area contributed by atoms with Crippen LogP contribution in [0.5, 0.6) is 11.5 Å². The maximum absolute atomic E-state index is 17.6. The number of hydrogen-bond donors (Lipinski definition) is 2. The molecular formula is C44H52FN6O8P. The average Bonchev–Trinajstić information content (AvgIpc) is 4.12. The zero-order valence-corrected chi connectivity index (χ0v) is 35.1. The molecule has 3 saturated heterocycles. The van der Waals surface area contributed by atoms with E-state index in [1.807, 2.05) is 78.9 Å². The molecule has 9 rings (SSSR count). The van der Waals surface area contributed by atoms with Gasteiger partial charge in [0.1, 0.15) is 29.3 Å². The molecule has 0 aromatic heterocycles. The Hall–Kier alpha value is -4.50. The van der Waals surface area contributed by atoms with E-state index in [-0.39, 0.29) is 36.0 Å². The van der Waals surface area contributed by atoms with Crippen molar-refractivity contribution in [1.29, 1.82) is 0 Å². The van der Waals surface area contributed by atoms with Gasteiger partial charge in [-0.15, -0.1) is 0 Å². The number of ether oxygens (including phenoxy) is 4. The topological polar surface area (TPSA) is 145 Å². The SMILES string of the molecule is COc1ccc(C(OC[C@H]2O[C@@H](N3C=NC4C(=O)NC(NC(=O)C(C)C)=NC43)[C@H](F)[C@@H]2O[P@@]2OC3(CCCC3)[C@H]3CCCN32)(c2ccccc2)c2ccc(OC)cc2)cc1. The van der Waals surface area contributed by atoms with Crippen molar-refractivity contribution < 1.29 is 42.0 Å². The molecule has 5 aliphatic heterocycles. The van der Waals surface area contributed by atoms with Crippen molar-refractivity contribution >= 4 is 32.6 Å². The molecule has 3 aromatic carbocycles. The Morgan fingerprint density at radius 2 is 1.63 bits per heavy atom. The molecule has 2 amide bonds. The van der Waals surface area contributed by atoms with Gasteiger partial charge >= 0.3 is 0 Å². The second kappa shape index (κ2) is 16.8. The summed E-state index contributed by atoms with van der Waals surface area (Å²) in [5.41, 5.74) is 0.950. The number of carbonyl (C=O) groups excluding carboxylic acids is 2. The molecule has 3 aromatic rings. The number of benzene rings is 3. The van der Waals surface area contributed by atoms with E-state index in [0.717, 1.165) is 61.8 Å². The normalized spacial score (nSPS) is 29.5. The highest BCUT2D eigenvalue weighted by Crippen LogP contribution is 2.65. The predicted octanol–water partition coefficient (Wildman–Crippen LogP) is 5.79. The first-order valence-corrected chi connectivity index (χ1v) is 22.0. The molecule has 6 aliphatic rings. The Balaban J connectivity index is 1.08. The van der Waals surface area contributed by atoms with Gasteiger partial charge in [0.15, 0.2) is 24.6 Å². The number of carbonyl (C=O) groups is 2. The summed E-state index contributed by atoms with van der Waals surface area (Å²) in [7, 11) is 1.61. The summed E-state index contributed by atoms with van der Waals surface area (Å²) in [5.74, 6) is 0.197. The van der Waals surface area contributed by atoms with E-state index in [4.69, 9.17) is 28.0 Å². The smallest absolute Gasteiger partial charge is 0.260 e. The number of halogens is 1. The Morgan fingerprint density at radius 1 is 0.983 bits per heavy atom. The van der Waals surface area contributed by atoms with Crippen LogP contribution in [-0.4, -0.2) is 110 Å². The maximum atomic E-state index is 17.6. The Labute approximate surface area is 350 Å². The minimum absolute atomic E-state index is 0.0204. The van der Waals surface area contributed by atoms with E-state index < -0.39 is 56.8 Å². The van der Waals surface area contributed by atoms with Crippen molar-refractivity contribution in [2.75, 3.05) is 27.4 Å². The second-order valence-corrected chi connectivity index (χ2v) is 17.9. The quantitative estimate of drug-likeness (QED) is 0.170. The third-order valence-electron chi connectivity index (χ3n) is 12.6. The Bertz CT molecular complexity index is 2040. The first-order valence-electron chi connectivity index (χ1n) is 20.8. The summed E-state index contributed by atoms with van der Waals surface area (Å²) in [6, 6.07) is 24.5. The summed E-state index contributed by atoms with van der Waals surface area (Å²) >= 11 is 0. The summed E-state index contributed by atoms with van der Waals surface area (Å²) in [5, 5.41) is 5.30. The van der Waals surface area contributed by atoms with E-state index in [0.29, 0.717) is 11.5 Å². The molecule has 8 atom stereocenters. The summed E-state index contributed by atoms with van der Waals surface area (Å²) < 4.78 is 58.8. The van der Waals surface area contributed by atoms with Gasteiger partial charge in [0.05, 0.1) is 32.8 Å². The number of nitrogens with one attached hydrogen (secondary N) is 2. The zero-order valence-electron chi connectivity index (χ0n) is 34.2. The van der Waals surface area contributed by atoms with Gasteiger partial charge in [-0.3, -0.25) is 25.2 Å².